The highest BCUT2D eigenvalue weighted by molar-refractivity contribution is 8.00. The molecule has 5 nitrogen and oxygen atoms in total. The highest BCUT2D eigenvalue weighted by Gasteiger charge is 2.53. The van der Waals surface area contributed by atoms with Crippen LogP contribution in [-0.2, 0) is 9.59 Å². The van der Waals surface area contributed by atoms with Crippen LogP contribution in [0.15, 0.2) is 0 Å². The lowest BCUT2D eigenvalue weighted by atomic mass is 9.77. The molecule has 1 rings (SSSR count). The first-order valence-electron chi connectivity index (χ1n) is 6.81. The van der Waals surface area contributed by atoms with E-state index in [1.54, 1.807) is 11.8 Å². The molecule has 0 aromatic heterocycles. The van der Waals surface area contributed by atoms with E-state index < -0.39 is 23.3 Å². The summed E-state index contributed by atoms with van der Waals surface area (Å²) in [5.41, 5.74) is -1.12. The van der Waals surface area contributed by atoms with Gasteiger partial charge in [0.25, 0.3) is 0 Å². The van der Waals surface area contributed by atoms with Crippen molar-refractivity contribution < 1.29 is 14.4 Å². The molecular weight excluding hydrogens is 264 g/mol. The Hall–Kier alpha value is -1.04. The van der Waals surface area contributed by atoms with Gasteiger partial charge in [-0.3, -0.25) is 20.2 Å². The lowest BCUT2D eigenvalue weighted by Crippen LogP contribution is -2.65. The van der Waals surface area contributed by atoms with Crippen LogP contribution in [-0.4, -0.2) is 28.8 Å². The number of amides is 4. The van der Waals surface area contributed by atoms with Crippen LogP contribution in [0.1, 0.15) is 46.5 Å². The van der Waals surface area contributed by atoms with Crippen molar-refractivity contribution in [3.8, 4) is 0 Å². The minimum Gasteiger partial charge on any atom is -0.277 e. The van der Waals surface area contributed by atoms with Crippen LogP contribution in [0.4, 0.5) is 4.79 Å². The third-order valence-electron chi connectivity index (χ3n) is 3.56. The molecule has 1 heterocycles. The molecule has 1 saturated heterocycles. The summed E-state index contributed by atoms with van der Waals surface area (Å²) in [5, 5.41) is 4.37. The normalized spacial score (nSPS) is 19.8. The maximum absolute atomic E-state index is 12.2. The molecule has 6 heteroatoms. The number of carbonyl (C=O) groups excluding carboxylic acids is 3. The predicted octanol–water partition coefficient (Wildman–Crippen LogP) is 2.06. The lowest BCUT2D eigenvalue weighted by molar-refractivity contribution is -0.144. The topological polar surface area (TPSA) is 75.3 Å². The zero-order valence-electron chi connectivity index (χ0n) is 11.7. The summed E-state index contributed by atoms with van der Waals surface area (Å²) in [5.74, 6) is 0.00448. The van der Waals surface area contributed by atoms with E-state index in [1.165, 1.54) is 0 Å². The van der Waals surface area contributed by atoms with Crippen LogP contribution >= 0.6 is 11.8 Å². The van der Waals surface area contributed by atoms with Gasteiger partial charge in [-0.25, -0.2) is 4.79 Å². The van der Waals surface area contributed by atoms with Gasteiger partial charge in [-0.2, -0.15) is 11.8 Å². The number of rotatable bonds is 7. The Morgan fingerprint density at radius 2 is 1.68 bits per heavy atom. The van der Waals surface area contributed by atoms with Gasteiger partial charge in [-0.05, 0) is 25.0 Å². The SMILES string of the molecule is CCCCSC(CC)C1(CC)C(=O)NC(=O)NC1=O. The Kier molecular flexibility index (Phi) is 5.85. The van der Waals surface area contributed by atoms with Crippen molar-refractivity contribution in [2.45, 2.75) is 51.7 Å². The van der Waals surface area contributed by atoms with E-state index in [1.807, 2.05) is 13.8 Å². The van der Waals surface area contributed by atoms with Gasteiger partial charge in [-0.15, -0.1) is 0 Å². The first-order chi connectivity index (χ1) is 9.02. The van der Waals surface area contributed by atoms with Crippen LogP contribution in [0.5, 0.6) is 0 Å². The monoisotopic (exact) mass is 286 g/mol. The van der Waals surface area contributed by atoms with Gasteiger partial charge >= 0.3 is 6.03 Å². The maximum atomic E-state index is 12.2. The van der Waals surface area contributed by atoms with Gasteiger partial charge in [0.05, 0.1) is 0 Å². The van der Waals surface area contributed by atoms with Crippen molar-refractivity contribution >= 4 is 29.6 Å². The maximum Gasteiger partial charge on any atom is 0.328 e. The van der Waals surface area contributed by atoms with Crippen LogP contribution in [0.2, 0.25) is 0 Å². The van der Waals surface area contributed by atoms with Crippen molar-refractivity contribution in [1.29, 1.82) is 0 Å². The third kappa shape index (κ3) is 3.11. The molecule has 0 radical (unpaired) electrons. The van der Waals surface area contributed by atoms with Crippen molar-refractivity contribution in [3.63, 3.8) is 0 Å². The molecule has 1 unspecified atom stereocenters. The Morgan fingerprint density at radius 3 is 2.11 bits per heavy atom. The molecule has 0 spiro atoms. The third-order valence-corrected chi connectivity index (χ3v) is 5.22. The summed E-state index contributed by atoms with van der Waals surface area (Å²) >= 11 is 1.65. The quantitative estimate of drug-likeness (QED) is 0.555. The summed E-state index contributed by atoms with van der Waals surface area (Å²) in [6.45, 7) is 5.89. The van der Waals surface area contributed by atoms with Gasteiger partial charge in [0.15, 0.2) is 0 Å². The molecule has 0 saturated carbocycles. The molecule has 2 N–H and O–H groups in total. The Morgan fingerprint density at radius 1 is 1.11 bits per heavy atom. The van der Waals surface area contributed by atoms with Crippen molar-refractivity contribution in [2.75, 3.05) is 5.75 Å². The number of imide groups is 2. The standard InChI is InChI=1S/C13H22N2O3S/c1-4-7-8-19-9(5-2)13(6-3)10(16)14-12(18)15-11(13)17/h9H,4-8H2,1-3H3,(H2,14,15,16,17,18). The number of barbiturate groups is 1. The number of nitrogens with one attached hydrogen (secondary N) is 2. The number of hydrogen-bond acceptors (Lipinski definition) is 4. The van der Waals surface area contributed by atoms with Gasteiger partial charge in [0, 0.05) is 5.25 Å². The average Bonchev–Trinajstić information content (AvgIpc) is 2.36. The zero-order chi connectivity index (χ0) is 14.5. The van der Waals surface area contributed by atoms with E-state index in [9.17, 15) is 14.4 Å². The molecular formula is C13H22N2O3S. The van der Waals surface area contributed by atoms with Crippen molar-refractivity contribution in [3.05, 3.63) is 0 Å². The zero-order valence-corrected chi connectivity index (χ0v) is 12.6. The number of thioether (sulfide) groups is 1. The Balaban J connectivity index is 2.95. The number of carbonyl (C=O) groups is 3. The van der Waals surface area contributed by atoms with E-state index in [2.05, 4.69) is 17.6 Å². The fraction of sp³-hybridized carbons (Fsp3) is 0.769. The summed E-state index contributed by atoms with van der Waals surface area (Å²) in [6.07, 6.45) is 3.26. The number of hydrogen-bond donors (Lipinski definition) is 2. The fourth-order valence-corrected chi connectivity index (χ4v) is 4.02. The van der Waals surface area contributed by atoms with Gasteiger partial charge in [0.2, 0.25) is 11.8 Å². The lowest BCUT2D eigenvalue weighted by Gasteiger charge is -2.38. The van der Waals surface area contributed by atoms with Gasteiger partial charge < -0.3 is 0 Å². The molecule has 19 heavy (non-hydrogen) atoms. The second kappa shape index (κ2) is 6.93. The summed E-state index contributed by atoms with van der Waals surface area (Å²) < 4.78 is 0. The molecule has 4 amide bonds. The summed E-state index contributed by atoms with van der Waals surface area (Å²) in [6, 6.07) is -0.715. The smallest absolute Gasteiger partial charge is 0.277 e. The molecule has 1 aliphatic rings. The first kappa shape index (κ1) is 16.0. The molecule has 0 bridgehead atoms. The molecule has 0 aliphatic carbocycles. The van der Waals surface area contributed by atoms with Crippen LogP contribution in [0.25, 0.3) is 0 Å². The predicted molar refractivity (Wildman–Crippen MR) is 75.9 cm³/mol. The van der Waals surface area contributed by atoms with Crippen molar-refractivity contribution in [1.82, 2.24) is 10.6 Å². The van der Waals surface area contributed by atoms with Crippen molar-refractivity contribution in [2.24, 2.45) is 5.41 Å². The molecule has 0 aromatic rings. The highest BCUT2D eigenvalue weighted by atomic mass is 32.2. The van der Waals surface area contributed by atoms with E-state index in [-0.39, 0.29) is 5.25 Å². The summed E-state index contributed by atoms with van der Waals surface area (Å²) in [4.78, 5) is 35.6. The van der Waals surface area contributed by atoms with Crippen LogP contribution in [0, 0.1) is 5.41 Å². The Bertz CT molecular complexity index is 351. The second-order valence-corrected chi connectivity index (χ2v) is 5.99. The molecule has 0 aromatic carbocycles. The number of unbranched alkanes of at least 4 members (excludes halogenated alkanes) is 1. The van der Waals surface area contributed by atoms with E-state index in [0.29, 0.717) is 6.42 Å². The molecule has 1 aliphatic heterocycles. The van der Waals surface area contributed by atoms with E-state index in [4.69, 9.17) is 0 Å². The highest BCUT2D eigenvalue weighted by Crippen LogP contribution is 2.39. The molecule has 108 valence electrons. The van der Waals surface area contributed by atoms with Gasteiger partial charge in [0.1, 0.15) is 5.41 Å². The second-order valence-electron chi connectivity index (χ2n) is 4.68. The largest absolute Gasteiger partial charge is 0.328 e. The van der Waals surface area contributed by atoms with Crippen LogP contribution in [0.3, 0.4) is 0 Å². The minimum atomic E-state index is -1.12. The number of urea groups is 1. The van der Waals surface area contributed by atoms with Crippen LogP contribution < -0.4 is 10.6 Å². The first-order valence-corrected chi connectivity index (χ1v) is 7.86. The molecule has 1 atom stereocenters. The van der Waals surface area contributed by atoms with E-state index >= 15 is 0 Å². The van der Waals surface area contributed by atoms with E-state index in [0.717, 1.165) is 25.0 Å². The fourth-order valence-electron chi connectivity index (χ4n) is 2.38. The summed E-state index contributed by atoms with van der Waals surface area (Å²) in [7, 11) is 0. The molecule has 1 fully saturated rings. The van der Waals surface area contributed by atoms with Gasteiger partial charge in [-0.1, -0.05) is 27.2 Å². The average molecular weight is 286 g/mol. The minimum absolute atomic E-state index is 0.0999. The Labute approximate surface area is 118 Å².